The number of hydrogen-bond donors (Lipinski definition) is 1. The van der Waals surface area contributed by atoms with Crippen LogP contribution in [-0.4, -0.2) is 11.1 Å². The zero-order chi connectivity index (χ0) is 15.4. The van der Waals surface area contributed by atoms with Crippen LogP contribution in [0.1, 0.15) is 42.0 Å². The van der Waals surface area contributed by atoms with Gasteiger partial charge in [-0.25, -0.2) is 0 Å². The van der Waals surface area contributed by atoms with Gasteiger partial charge in [-0.3, -0.25) is 4.79 Å². The molecule has 0 aliphatic carbocycles. The second-order valence-electron chi connectivity index (χ2n) is 5.06. The fourth-order valence-electron chi connectivity index (χ4n) is 2.28. The SMILES string of the molecule is CCC(NC(=O)Cc1c(C)noc1C)c1ccc(Cl)cc1. The quantitative estimate of drug-likeness (QED) is 0.915. The van der Waals surface area contributed by atoms with Gasteiger partial charge in [0, 0.05) is 10.6 Å². The van der Waals surface area contributed by atoms with Crippen LogP contribution in [0.15, 0.2) is 28.8 Å². The number of rotatable bonds is 5. The smallest absolute Gasteiger partial charge is 0.225 e. The maximum atomic E-state index is 12.2. The van der Waals surface area contributed by atoms with Crippen molar-refractivity contribution in [2.24, 2.45) is 0 Å². The van der Waals surface area contributed by atoms with Gasteiger partial charge in [0.1, 0.15) is 5.76 Å². The molecule has 0 aliphatic rings. The van der Waals surface area contributed by atoms with Gasteiger partial charge in [0.15, 0.2) is 0 Å². The lowest BCUT2D eigenvalue weighted by atomic mass is 10.0. The third-order valence-electron chi connectivity index (χ3n) is 3.53. The summed E-state index contributed by atoms with van der Waals surface area (Å²) in [6.07, 6.45) is 1.10. The number of amides is 1. The summed E-state index contributed by atoms with van der Waals surface area (Å²) in [5, 5.41) is 7.60. The Labute approximate surface area is 129 Å². The van der Waals surface area contributed by atoms with Crippen LogP contribution in [0.5, 0.6) is 0 Å². The van der Waals surface area contributed by atoms with Gasteiger partial charge in [0.05, 0.1) is 18.2 Å². The van der Waals surface area contributed by atoms with Crippen LogP contribution in [0.25, 0.3) is 0 Å². The molecule has 21 heavy (non-hydrogen) atoms. The van der Waals surface area contributed by atoms with Gasteiger partial charge in [0.25, 0.3) is 0 Å². The lowest BCUT2D eigenvalue weighted by molar-refractivity contribution is -0.121. The highest BCUT2D eigenvalue weighted by molar-refractivity contribution is 6.30. The standard InChI is InChI=1S/C16H19ClN2O2/c1-4-15(12-5-7-13(17)8-6-12)18-16(20)9-14-10(2)19-21-11(14)3/h5-8,15H,4,9H2,1-3H3,(H,18,20). The number of nitrogens with one attached hydrogen (secondary N) is 1. The molecule has 0 saturated carbocycles. The van der Waals surface area contributed by atoms with E-state index in [2.05, 4.69) is 10.5 Å². The van der Waals surface area contributed by atoms with Crippen LogP contribution in [0.2, 0.25) is 5.02 Å². The average molecular weight is 307 g/mol. The Bertz CT molecular complexity index is 600. The normalized spacial score (nSPS) is 12.2. The van der Waals surface area contributed by atoms with Crippen LogP contribution >= 0.6 is 11.6 Å². The monoisotopic (exact) mass is 306 g/mol. The van der Waals surface area contributed by atoms with Crippen molar-refractivity contribution in [2.75, 3.05) is 0 Å². The van der Waals surface area contributed by atoms with Crippen molar-refractivity contribution in [1.82, 2.24) is 10.5 Å². The van der Waals surface area contributed by atoms with Gasteiger partial charge >= 0.3 is 0 Å². The number of carbonyl (C=O) groups is 1. The van der Waals surface area contributed by atoms with Gasteiger partial charge in [-0.2, -0.15) is 0 Å². The van der Waals surface area contributed by atoms with E-state index in [9.17, 15) is 4.79 Å². The average Bonchev–Trinajstić information content (AvgIpc) is 2.78. The van der Waals surface area contributed by atoms with Crippen LogP contribution in [-0.2, 0) is 11.2 Å². The first-order chi connectivity index (χ1) is 10.0. The molecular weight excluding hydrogens is 288 g/mol. The van der Waals surface area contributed by atoms with E-state index in [-0.39, 0.29) is 18.4 Å². The molecule has 0 fully saturated rings. The zero-order valence-electron chi connectivity index (χ0n) is 12.4. The Hall–Kier alpha value is -1.81. The Kier molecular flexibility index (Phi) is 5.02. The van der Waals surface area contributed by atoms with E-state index in [0.717, 1.165) is 23.2 Å². The first-order valence-electron chi connectivity index (χ1n) is 6.97. The Morgan fingerprint density at radius 3 is 2.52 bits per heavy atom. The molecule has 1 heterocycles. The van der Waals surface area contributed by atoms with E-state index in [0.29, 0.717) is 10.8 Å². The van der Waals surface area contributed by atoms with Gasteiger partial charge in [-0.15, -0.1) is 0 Å². The van der Waals surface area contributed by atoms with E-state index in [1.54, 1.807) is 0 Å². The first kappa shape index (κ1) is 15.6. The van der Waals surface area contributed by atoms with Crippen molar-refractivity contribution in [3.8, 4) is 0 Å². The fraction of sp³-hybridized carbons (Fsp3) is 0.375. The summed E-state index contributed by atoms with van der Waals surface area (Å²) in [6, 6.07) is 7.52. The molecule has 0 spiro atoms. The minimum Gasteiger partial charge on any atom is -0.361 e. The summed E-state index contributed by atoms with van der Waals surface area (Å²) >= 11 is 5.89. The lowest BCUT2D eigenvalue weighted by Crippen LogP contribution is -2.29. The van der Waals surface area contributed by atoms with Crippen molar-refractivity contribution in [2.45, 2.75) is 39.7 Å². The molecule has 1 aromatic heterocycles. The maximum absolute atomic E-state index is 12.2. The predicted octanol–water partition coefficient (Wildman–Crippen LogP) is 3.75. The lowest BCUT2D eigenvalue weighted by Gasteiger charge is -2.17. The summed E-state index contributed by atoms with van der Waals surface area (Å²) < 4.78 is 5.08. The highest BCUT2D eigenvalue weighted by Crippen LogP contribution is 2.20. The van der Waals surface area contributed by atoms with E-state index < -0.39 is 0 Å². The summed E-state index contributed by atoms with van der Waals surface area (Å²) in [5.41, 5.74) is 2.68. The molecule has 112 valence electrons. The predicted molar refractivity (Wildman–Crippen MR) is 82.3 cm³/mol. The van der Waals surface area contributed by atoms with E-state index >= 15 is 0 Å². The molecule has 0 radical (unpaired) electrons. The highest BCUT2D eigenvalue weighted by Gasteiger charge is 2.17. The van der Waals surface area contributed by atoms with Crippen LogP contribution < -0.4 is 5.32 Å². The summed E-state index contributed by atoms with van der Waals surface area (Å²) in [7, 11) is 0. The minimum atomic E-state index is -0.0359. The Morgan fingerprint density at radius 1 is 1.33 bits per heavy atom. The molecule has 0 bridgehead atoms. The molecule has 4 nitrogen and oxygen atoms in total. The molecule has 5 heteroatoms. The molecule has 0 aliphatic heterocycles. The molecule has 1 aromatic carbocycles. The molecule has 2 aromatic rings. The van der Waals surface area contributed by atoms with Gasteiger partial charge in [-0.1, -0.05) is 35.8 Å². The number of nitrogens with zero attached hydrogens (tertiary/aromatic N) is 1. The second kappa shape index (κ2) is 6.76. The van der Waals surface area contributed by atoms with Crippen molar-refractivity contribution >= 4 is 17.5 Å². The molecule has 1 unspecified atom stereocenters. The van der Waals surface area contributed by atoms with Crippen LogP contribution in [0, 0.1) is 13.8 Å². The van der Waals surface area contributed by atoms with Crippen molar-refractivity contribution in [3.05, 3.63) is 51.9 Å². The van der Waals surface area contributed by atoms with Crippen molar-refractivity contribution in [1.29, 1.82) is 0 Å². The van der Waals surface area contributed by atoms with Gasteiger partial charge in [-0.05, 0) is 38.0 Å². The summed E-state index contributed by atoms with van der Waals surface area (Å²) in [6.45, 7) is 5.70. The summed E-state index contributed by atoms with van der Waals surface area (Å²) in [4.78, 5) is 12.2. The van der Waals surface area contributed by atoms with E-state index in [4.69, 9.17) is 16.1 Å². The highest BCUT2D eigenvalue weighted by atomic mass is 35.5. The Morgan fingerprint density at radius 2 is 2.00 bits per heavy atom. The van der Waals surface area contributed by atoms with E-state index in [1.807, 2.05) is 45.0 Å². The number of aryl methyl sites for hydroxylation is 2. The van der Waals surface area contributed by atoms with Crippen LogP contribution in [0.3, 0.4) is 0 Å². The third-order valence-corrected chi connectivity index (χ3v) is 3.79. The largest absolute Gasteiger partial charge is 0.361 e. The number of aromatic nitrogens is 1. The second-order valence-corrected chi connectivity index (χ2v) is 5.50. The third kappa shape index (κ3) is 3.85. The molecule has 1 amide bonds. The molecular formula is C16H19ClN2O2. The Balaban J connectivity index is 2.05. The fourth-order valence-corrected chi connectivity index (χ4v) is 2.40. The topological polar surface area (TPSA) is 55.1 Å². The van der Waals surface area contributed by atoms with Gasteiger partial charge in [0.2, 0.25) is 5.91 Å². The molecule has 0 saturated heterocycles. The maximum Gasteiger partial charge on any atom is 0.225 e. The first-order valence-corrected chi connectivity index (χ1v) is 7.35. The minimum absolute atomic E-state index is 0.0183. The van der Waals surface area contributed by atoms with Gasteiger partial charge < -0.3 is 9.84 Å². The van der Waals surface area contributed by atoms with E-state index in [1.165, 1.54) is 0 Å². The molecule has 1 N–H and O–H groups in total. The van der Waals surface area contributed by atoms with Crippen molar-refractivity contribution in [3.63, 3.8) is 0 Å². The number of hydrogen-bond acceptors (Lipinski definition) is 3. The number of halogens is 1. The van der Waals surface area contributed by atoms with Crippen molar-refractivity contribution < 1.29 is 9.32 Å². The zero-order valence-corrected chi connectivity index (χ0v) is 13.2. The number of carbonyl (C=O) groups excluding carboxylic acids is 1. The summed E-state index contributed by atoms with van der Waals surface area (Å²) in [5.74, 6) is 0.661. The van der Waals surface area contributed by atoms with Crippen LogP contribution in [0.4, 0.5) is 0 Å². The molecule has 1 atom stereocenters. The number of benzene rings is 1. The molecule has 2 rings (SSSR count).